The Morgan fingerprint density at radius 3 is 2.38 bits per heavy atom. The van der Waals surface area contributed by atoms with Crippen LogP contribution < -0.4 is 5.14 Å². The summed E-state index contributed by atoms with van der Waals surface area (Å²) in [6, 6.07) is 1.46. The molecule has 0 aromatic heterocycles. The number of carbonyl (C=O) groups excluding carboxylic acids is 1. The van der Waals surface area contributed by atoms with Gasteiger partial charge in [0.25, 0.3) is 5.91 Å². The Balaban J connectivity index is 2.59. The highest BCUT2D eigenvalue weighted by atomic mass is 32.2. The van der Waals surface area contributed by atoms with Crippen LogP contribution in [0.5, 0.6) is 0 Å². The molecule has 8 nitrogen and oxygen atoms in total. The highest BCUT2D eigenvalue weighted by Crippen LogP contribution is 2.27. The molecule has 1 aliphatic rings. The van der Waals surface area contributed by atoms with Crippen molar-refractivity contribution in [3.05, 3.63) is 33.6 Å². The SMILES string of the molecule is NS(=O)(=O)c1cc(C(=O)N2CCCC2)cc([N+](=O)[O-])c1F. The zero-order valence-corrected chi connectivity index (χ0v) is 11.6. The second-order valence-corrected chi connectivity index (χ2v) is 6.14. The van der Waals surface area contributed by atoms with Gasteiger partial charge in [0, 0.05) is 24.7 Å². The molecule has 0 unspecified atom stereocenters. The van der Waals surface area contributed by atoms with Crippen molar-refractivity contribution in [2.75, 3.05) is 13.1 Å². The summed E-state index contributed by atoms with van der Waals surface area (Å²) in [7, 11) is -4.52. The van der Waals surface area contributed by atoms with Gasteiger partial charge in [-0.15, -0.1) is 0 Å². The van der Waals surface area contributed by atoms with Gasteiger partial charge in [-0.05, 0) is 18.9 Å². The smallest absolute Gasteiger partial charge is 0.307 e. The summed E-state index contributed by atoms with van der Waals surface area (Å²) in [4.78, 5) is 22.2. The number of hydrogen-bond acceptors (Lipinski definition) is 5. The van der Waals surface area contributed by atoms with Gasteiger partial charge in [0.2, 0.25) is 15.8 Å². The number of primary sulfonamides is 1. The Kier molecular flexibility index (Phi) is 3.92. The van der Waals surface area contributed by atoms with Crippen LogP contribution in [0.25, 0.3) is 0 Å². The number of carbonyl (C=O) groups is 1. The van der Waals surface area contributed by atoms with Gasteiger partial charge in [0.15, 0.2) is 0 Å². The topological polar surface area (TPSA) is 124 Å². The fourth-order valence-electron chi connectivity index (χ4n) is 2.15. The van der Waals surface area contributed by atoms with Crippen LogP contribution >= 0.6 is 0 Å². The summed E-state index contributed by atoms with van der Waals surface area (Å²) in [5.74, 6) is -2.15. The minimum absolute atomic E-state index is 0.269. The lowest BCUT2D eigenvalue weighted by Crippen LogP contribution is -2.28. The minimum Gasteiger partial charge on any atom is -0.339 e. The molecular formula is C11H12FN3O5S. The van der Waals surface area contributed by atoms with Crippen LogP contribution in [0.1, 0.15) is 23.2 Å². The first-order valence-corrected chi connectivity index (χ1v) is 7.56. The standard InChI is InChI=1S/C11H12FN3O5S/c12-10-8(15(17)18)5-7(6-9(10)21(13,19)20)11(16)14-3-1-2-4-14/h5-6H,1-4H2,(H2,13,19,20). The van der Waals surface area contributed by atoms with Crippen LogP contribution in [0.2, 0.25) is 0 Å². The van der Waals surface area contributed by atoms with Crippen molar-refractivity contribution in [2.24, 2.45) is 5.14 Å². The third-order valence-electron chi connectivity index (χ3n) is 3.16. The van der Waals surface area contributed by atoms with Crippen LogP contribution in [-0.4, -0.2) is 37.2 Å². The second-order valence-electron chi connectivity index (χ2n) is 4.61. The van der Waals surface area contributed by atoms with E-state index in [-0.39, 0.29) is 5.56 Å². The molecule has 1 aliphatic heterocycles. The lowest BCUT2D eigenvalue weighted by molar-refractivity contribution is -0.387. The molecule has 0 bridgehead atoms. The van der Waals surface area contributed by atoms with E-state index < -0.39 is 37.3 Å². The monoisotopic (exact) mass is 317 g/mol. The van der Waals surface area contributed by atoms with E-state index in [9.17, 15) is 27.7 Å². The summed E-state index contributed by atoms with van der Waals surface area (Å²) in [6.07, 6.45) is 1.58. The molecule has 2 rings (SSSR count). The number of halogens is 1. The minimum atomic E-state index is -4.52. The highest BCUT2D eigenvalue weighted by molar-refractivity contribution is 7.89. The van der Waals surface area contributed by atoms with E-state index in [1.54, 1.807) is 0 Å². The zero-order valence-electron chi connectivity index (χ0n) is 10.8. The van der Waals surface area contributed by atoms with Gasteiger partial charge in [-0.1, -0.05) is 0 Å². The lowest BCUT2D eigenvalue weighted by atomic mass is 10.1. The molecular weight excluding hydrogens is 305 g/mol. The molecule has 1 aromatic carbocycles. The van der Waals surface area contributed by atoms with E-state index in [0.29, 0.717) is 13.1 Å². The molecule has 114 valence electrons. The number of nitro groups is 1. The van der Waals surface area contributed by atoms with E-state index in [1.807, 2.05) is 0 Å². The largest absolute Gasteiger partial charge is 0.339 e. The predicted molar refractivity (Wildman–Crippen MR) is 69.6 cm³/mol. The maximum absolute atomic E-state index is 13.8. The second kappa shape index (κ2) is 5.37. The van der Waals surface area contributed by atoms with E-state index >= 15 is 0 Å². The lowest BCUT2D eigenvalue weighted by Gasteiger charge is -2.15. The quantitative estimate of drug-likeness (QED) is 0.646. The zero-order chi connectivity index (χ0) is 15.8. The number of likely N-dealkylation sites (tertiary alicyclic amines) is 1. The molecule has 10 heteroatoms. The summed E-state index contributed by atoms with van der Waals surface area (Å²) < 4.78 is 36.4. The molecule has 0 aliphatic carbocycles. The molecule has 2 N–H and O–H groups in total. The third kappa shape index (κ3) is 3.00. The number of rotatable bonds is 3. The van der Waals surface area contributed by atoms with Crippen molar-refractivity contribution in [1.29, 1.82) is 0 Å². The molecule has 0 spiro atoms. The first kappa shape index (κ1) is 15.3. The van der Waals surface area contributed by atoms with Crippen LogP contribution in [0, 0.1) is 15.9 Å². The number of hydrogen-bond donors (Lipinski definition) is 1. The first-order chi connectivity index (χ1) is 9.71. The van der Waals surface area contributed by atoms with Gasteiger partial charge < -0.3 is 4.90 Å². The van der Waals surface area contributed by atoms with Crippen LogP contribution in [0.4, 0.5) is 10.1 Å². The maximum atomic E-state index is 13.8. The molecule has 1 amide bonds. The summed E-state index contributed by atoms with van der Waals surface area (Å²) >= 11 is 0. The van der Waals surface area contributed by atoms with E-state index in [2.05, 4.69) is 0 Å². The van der Waals surface area contributed by atoms with Gasteiger partial charge >= 0.3 is 5.69 Å². The Bertz CT molecular complexity index is 713. The van der Waals surface area contributed by atoms with Gasteiger partial charge in [-0.3, -0.25) is 14.9 Å². The molecule has 0 atom stereocenters. The Morgan fingerprint density at radius 1 is 1.33 bits per heavy atom. The molecule has 0 radical (unpaired) electrons. The van der Waals surface area contributed by atoms with Crippen molar-refractivity contribution in [3.63, 3.8) is 0 Å². The van der Waals surface area contributed by atoms with Crippen molar-refractivity contribution >= 4 is 21.6 Å². The summed E-state index contributed by atoms with van der Waals surface area (Å²) in [6.45, 7) is 0.934. The third-order valence-corrected chi connectivity index (χ3v) is 4.07. The van der Waals surface area contributed by atoms with Crippen LogP contribution in [-0.2, 0) is 10.0 Å². The number of amides is 1. The van der Waals surface area contributed by atoms with Gasteiger partial charge in [0.05, 0.1) is 4.92 Å². The normalized spacial score (nSPS) is 15.2. The molecule has 1 heterocycles. The van der Waals surface area contributed by atoms with Crippen molar-refractivity contribution < 1.29 is 22.5 Å². The number of nitrogens with two attached hydrogens (primary N) is 1. The van der Waals surface area contributed by atoms with E-state index in [1.165, 1.54) is 4.90 Å². The number of benzene rings is 1. The first-order valence-electron chi connectivity index (χ1n) is 6.02. The number of nitrogens with zero attached hydrogens (tertiary/aromatic N) is 2. The van der Waals surface area contributed by atoms with E-state index in [0.717, 1.165) is 25.0 Å². The molecule has 1 saturated heterocycles. The van der Waals surface area contributed by atoms with Crippen LogP contribution in [0.3, 0.4) is 0 Å². The maximum Gasteiger partial charge on any atom is 0.307 e. The molecule has 1 fully saturated rings. The number of nitro benzene ring substituents is 1. The highest BCUT2D eigenvalue weighted by Gasteiger charge is 2.29. The van der Waals surface area contributed by atoms with E-state index in [4.69, 9.17) is 5.14 Å². The summed E-state index contributed by atoms with van der Waals surface area (Å²) in [5, 5.41) is 15.6. The average molecular weight is 317 g/mol. The van der Waals surface area contributed by atoms with Gasteiger partial charge in [-0.25, -0.2) is 13.6 Å². The Morgan fingerprint density at radius 2 is 1.90 bits per heavy atom. The van der Waals surface area contributed by atoms with Crippen molar-refractivity contribution in [3.8, 4) is 0 Å². The Labute approximate surface area is 119 Å². The molecule has 21 heavy (non-hydrogen) atoms. The molecule has 0 saturated carbocycles. The van der Waals surface area contributed by atoms with Crippen LogP contribution in [0.15, 0.2) is 17.0 Å². The fraction of sp³-hybridized carbons (Fsp3) is 0.364. The summed E-state index contributed by atoms with van der Waals surface area (Å²) in [5.41, 5.74) is -1.36. The Hall–Kier alpha value is -2.07. The average Bonchev–Trinajstić information content (AvgIpc) is 2.90. The predicted octanol–water partition coefficient (Wildman–Crippen LogP) is 0.617. The fourth-order valence-corrected chi connectivity index (χ4v) is 2.79. The van der Waals surface area contributed by atoms with Gasteiger partial charge in [0.1, 0.15) is 4.90 Å². The van der Waals surface area contributed by atoms with Crippen molar-refractivity contribution in [2.45, 2.75) is 17.7 Å². The number of sulfonamides is 1. The molecule has 1 aromatic rings. The van der Waals surface area contributed by atoms with Gasteiger partial charge in [-0.2, -0.15) is 4.39 Å². The van der Waals surface area contributed by atoms with Crippen molar-refractivity contribution in [1.82, 2.24) is 4.90 Å².